The lowest BCUT2D eigenvalue weighted by atomic mass is 10.1. The molecule has 2 aromatic rings. The second kappa shape index (κ2) is 5.62. The van der Waals surface area contributed by atoms with E-state index in [-0.39, 0.29) is 17.2 Å². The third kappa shape index (κ3) is 3.17. The van der Waals surface area contributed by atoms with Crippen molar-refractivity contribution in [2.75, 3.05) is 5.32 Å². The molecule has 2 N–H and O–H groups in total. The molecule has 2 rings (SSSR count). The minimum absolute atomic E-state index is 0.0248. The van der Waals surface area contributed by atoms with Crippen molar-refractivity contribution in [1.29, 1.82) is 0 Å². The van der Waals surface area contributed by atoms with Gasteiger partial charge in [-0.25, -0.2) is 4.79 Å². The first kappa shape index (κ1) is 13.2. The van der Waals surface area contributed by atoms with E-state index in [4.69, 9.17) is 5.11 Å². The summed E-state index contributed by atoms with van der Waals surface area (Å²) in [5, 5.41) is 11.7. The van der Waals surface area contributed by atoms with Crippen molar-refractivity contribution >= 4 is 33.5 Å². The normalized spacial score (nSPS) is 9.95. The van der Waals surface area contributed by atoms with Crippen LogP contribution in [0.3, 0.4) is 0 Å². The molecule has 6 heteroatoms. The number of aromatic carboxylic acids is 1. The van der Waals surface area contributed by atoms with Gasteiger partial charge in [-0.15, -0.1) is 0 Å². The van der Waals surface area contributed by atoms with Crippen LogP contribution in [0.25, 0.3) is 0 Å². The van der Waals surface area contributed by atoms with E-state index in [0.717, 1.165) is 0 Å². The van der Waals surface area contributed by atoms with Gasteiger partial charge in [0.15, 0.2) is 0 Å². The zero-order valence-electron chi connectivity index (χ0n) is 9.63. The van der Waals surface area contributed by atoms with E-state index in [2.05, 4.69) is 26.2 Å². The highest BCUT2D eigenvalue weighted by molar-refractivity contribution is 9.10. The number of carbonyl (C=O) groups excluding carboxylic acids is 1. The highest BCUT2D eigenvalue weighted by Crippen LogP contribution is 2.21. The number of amides is 1. The second-order valence-electron chi connectivity index (χ2n) is 3.69. The summed E-state index contributed by atoms with van der Waals surface area (Å²) in [5.74, 6) is -1.49. The molecule has 1 amide bonds. The minimum Gasteiger partial charge on any atom is -0.478 e. The smallest absolute Gasteiger partial charge is 0.337 e. The van der Waals surface area contributed by atoms with Crippen LogP contribution in [0.5, 0.6) is 0 Å². The van der Waals surface area contributed by atoms with Crippen molar-refractivity contribution in [3.05, 3.63) is 58.3 Å². The molecule has 0 aliphatic rings. The van der Waals surface area contributed by atoms with Gasteiger partial charge in [0.1, 0.15) is 0 Å². The molecule has 0 aliphatic carbocycles. The van der Waals surface area contributed by atoms with Crippen LogP contribution in [0.2, 0.25) is 0 Å². The SMILES string of the molecule is O=C(Nc1ccc(Br)cc1C(=O)O)c1ccncc1. The maximum Gasteiger partial charge on any atom is 0.337 e. The molecular formula is C13H9BrN2O3. The number of rotatable bonds is 3. The summed E-state index contributed by atoms with van der Waals surface area (Å²) in [4.78, 5) is 26.9. The maximum atomic E-state index is 11.9. The monoisotopic (exact) mass is 320 g/mol. The molecule has 0 radical (unpaired) electrons. The molecule has 1 heterocycles. The van der Waals surface area contributed by atoms with Crippen LogP contribution in [-0.4, -0.2) is 22.0 Å². The summed E-state index contributed by atoms with van der Waals surface area (Å²) >= 11 is 3.19. The third-order valence-corrected chi connectivity index (χ3v) is 2.90. The van der Waals surface area contributed by atoms with E-state index in [1.807, 2.05) is 0 Å². The molecule has 0 unspecified atom stereocenters. The Morgan fingerprint density at radius 3 is 2.47 bits per heavy atom. The molecule has 0 bridgehead atoms. The number of carboxylic acid groups (broad SMARTS) is 1. The maximum absolute atomic E-state index is 11.9. The first-order valence-electron chi connectivity index (χ1n) is 5.32. The fourth-order valence-corrected chi connectivity index (χ4v) is 1.86. The fraction of sp³-hybridized carbons (Fsp3) is 0. The van der Waals surface area contributed by atoms with Crippen LogP contribution in [-0.2, 0) is 0 Å². The lowest BCUT2D eigenvalue weighted by Gasteiger charge is -2.08. The van der Waals surface area contributed by atoms with E-state index in [1.54, 1.807) is 18.2 Å². The van der Waals surface area contributed by atoms with Gasteiger partial charge >= 0.3 is 5.97 Å². The number of nitrogens with zero attached hydrogens (tertiary/aromatic N) is 1. The summed E-state index contributed by atoms with van der Waals surface area (Å²) in [5.41, 5.74) is 0.684. The molecule has 0 atom stereocenters. The molecule has 0 spiro atoms. The average molecular weight is 321 g/mol. The number of hydrogen-bond donors (Lipinski definition) is 2. The Bertz CT molecular complexity index is 629. The number of nitrogens with one attached hydrogen (secondary N) is 1. The number of carbonyl (C=O) groups is 2. The van der Waals surface area contributed by atoms with Crippen LogP contribution < -0.4 is 5.32 Å². The molecule has 19 heavy (non-hydrogen) atoms. The summed E-state index contributed by atoms with van der Waals surface area (Å²) in [7, 11) is 0. The molecule has 5 nitrogen and oxygen atoms in total. The Kier molecular flexibility index (Phi) is 3.91. The molecule has 96 valence electrons. The molecule has 0 saturated heterocycles. The molecular weight excluding hydrogens is 312 g/mol. The Morgan fingerprint density at radius 2 is 1.84 bits per heavy atom. The van der Waals surface area contributed by atoms with Gasteiger partial charge in [-0.2, -0.15) is 0 Å². The van der Waals surface area contributed by atoms with Crippen molar-refractivity contribution < 1.29 is 14.7 Å². The van der Waals surface area contributed by atoms with Crippen LogP contribution in [0.4, 0.5) is 5.69 Å². The van der Waals surface area contributed by atoms with Gasteiger partial charge in [0.05, 0.1) is 11.3 Å². The first-order valence-corrected chi connectivity index (χ1v) is 6.11. The topological polar surface area (TPSA) is 79.3 Å². The number of anilines is 1. The van der Waals surface area contributed by atoms with E-state index >= 15 is 0 Å². The number of hydrogen-bond acceptors (Lipinski definition) is 3. The highest BCUT2D eigenvalue weighted by atomic mass is 79.9. The minimum atomic E-state index is -1.11. The zero-order valence-corrected chi connectivity index (χ0v) is 11.2. The van der Waals surface area contributed by atoms with Gasteiger partial charge in [0.25, 0.3) is 5.91 Å². The largest absolute Gasteiger partial charge is 0.478 e. The van der Waals surface area contributed by atoms with Crippen LogP contribution >= 0.6 is 15.9 Å². The van der Waals surface area contributed by atoms with Gasteiger partial charge in [0, 0.05) is 22.4 Å². The molecule has 1 aromatic carbocycles. The van der Waals surface area contributed by atoms with Crippen LogP contribution in [0, 0.1) is 0 Å². The predicted octanol–water partition coefficient (Wildman–Crippen LogP) is 2.79. The van der Waals surface area contributed by atoms with Crippen molar-refractivity contribution in [3.63, 3.8) is 0 Å². The lowest BCUT2D eigenvalue weighted by molar-refractivity contribution is 0.0698. The van der Waals surface area contributed by atoms with Crippen molar-refractivity contribution in [2.45, 2.75) is 0 Å². The average Bonchev–Trinajstić information content (AvgIpc) is 2.41. The van der Waals surface area contributed by atoms with E-state index in [1.165, 1.54) is 24.5 Å². The summed E-state index contributed by atoms with van der Waals surface area (Å²) in [6.45, 7) is 0. The Morgan fingerprint density at radius 1 is 1.16 bits per heavy atom. The lowest BCUT2D eigenvalue weighted by Crippen LogP contribution is -2.14. The second-order valence-corrected chi connectivity index (χ2v) is 4.60. The Balaban J connectivity index is 2.29. The number of carboxylic acids is 1. The number of aromatic nitrogens is 1. The van der Waals surface area contributed by atoms with E-state index in [9.17, 15) is 9.59 Å². The van der Waals surface area contributed by atoms with E-state index in [0.29, 0.717) is 10.0 Å². The van der Waals surface area contributed by atoms with Crippen molar-refractivity contribution in [2.24, 2.45) is 0 Å². The quantitative estimate of drug-likeness (QED) is 0.911. The predicted molar refractivity (Wildman–Crippen MR) is 73.3 cm³/mol. The van der Waals surface area contributed by atoms with Gasteiger partial charge in [-0.05, 0) is 30.3 Å². The Labute approximate surface area is 117 Å². The fourth-order valence-electron chi connectivity index (χ4n) is 1.50. The van der Waals surface area contributed by atoms with Gasteiger partial charge in [-0.3, -0.25) is 9.78 Å². The Hall–Kier alpha value is -2.21. The third-order valence-electron chi connectivity index (χ3n) is 2.40. The highest BCUT2D eigenvalue weighted by Gasteiger charge is 2.13. The van der Waals surface area contributed by atoms with Gasteiger partial charge in [0.2, 0.25) is 0 Å². The molecule has 1 aromatic heterocycles. The van der Waals surface area contributed by atoms with Gasteiger partial charge < -0.3 is 10.4 Å². The molecule has 0 fully saturated rings. The van der Waals surface area contributed by atoms with Gasteiger partial charge in [-0.1, -0.05) is 15.9 Å². The number of halogens is 1. The molecule has 0 saturated carbocycles. The number of pyridine rings is 1. The molecule has 0 aliphatic heterocycles. The number of benzene rings is 1. The van der Waals surface area contributed by atoms with Crippen LogP contribution in [0.15, 0.2) is 47.2 Å². The van der Waals surface area contributed by atoms with Crippen LogP contribution in [0.1, 0.15) is 20.7 Å². The summed E-state index contributed by atoms with van der Waals surface area (Å²) in [6.07, 6.45) is 2.99. The standard InChI is InChI=1S/C13H9BrN2O3/c14-9-1-2-11(10(7-9)13(18)19)16-12(17)8-3-5-15-6-4-8/h1-7H,(H,16,17)(H,18,19). The van der Waals surface area contributed by atoms with Crippen molar-refractivity contribution in [1.82, 2.24) is 4.98 Å². The first-order chi connectivity index (χ1) is 9.08. The van der Waals surface area contributed by atoms with E-state index < -0.39 is 5.97 Å². The summed E-state index contributed by atoms with van der Waals surface area (Å²) in [6, 6.07) is 7.73. The van der Waals surface area contributed by atoms with Crippen molar-refractivity contribution in [3.8, 4) is 0 Å². The zero-order chi connectivity index (χ0) is 13.8. The summed E-state index contributed by atoms with van der Waals surface area (Å²) < 4.78 is 0.631.